The Bertz CT molecular complexity index is 170. The van der Waals surface area contributed by atoms with Crippen molar-refractivity contribution in [1.29, 1.82) is 0 Å². The van der Waals surface area contributed by atoms with Gasteiger partial charge in [-0.1, -0.05) is 13.3 Å². The minimum atomic E-state index is 0.223. The van der Waals surface area contributed by atoms with Crippen LogP contribution in [0.3, 0.4) is 0 Å². The average Bonchev–Trinajstić information content (AvgIpc) is 2.45. The monoisotopic (exact) mass is 171 g/mol. The molecule has 0 aromatic heterocycles. The Morgan fingerprint density at radius 1 is 1.58 bits per heavy atom. The summed E-state index contributed by atoms with van der Waals surface area (Å²) in [5.41, 5.74) is 0. The van der Waals surface area contributed by atoms with Gasteiger partial charge >= 0.3 is 0 Å². The average molecular weight is 171 g/mol. The van der Waals surface area contributed by atoms with Gasteiger partial charge in [0.05, 0.1) is 12.7 Å². The van der Waals surface area contributed by atoms with Gasteiger partial charge in [0.15, 0.2) is 13.4 Å². The summed E-state index contributed by atoms with van der Waals surface area (Å²) >= 11 is 0. The molecule has 0 aromatic carbocycles. The van der Waals surface area contributed by atoms with Crippen LogP contribution in [0.1, 0.15) is 19.8 Å². The van der Waals surface area contributed by atoms with Crippen LogP contribution in [0.25, 0.3) is 0 Å². The summed E-state index contributed by atoms with van der Waals surface area (Å²) in [6, 6.07) is 0. The van der Waals surface area contributed by atoms with Crippen molar-refractivity contribution in [3.63, 3.8) is 0 Å². The number of aliphatic hydroxyl groups excluding tert-OH is 1. The first-order valence-electron chi connectivity index (χ1n) is 4.59. The molecule has 0 bridgehead atoms. The third-order valence-corrected chi connectivity index (χ3v) is 2.38. The van der Waals surface area contributed by atoms with E-state index >= 15 is 0 Å². The lowest BCUT2D eigenvalue weighted by molar-refractivity contribution is -0.899. The van der Waals surface area contributed by atoms with Crippen LogP contribution in [0.4, 0.5) is 0 Å². The molecule has 0 spiro atoms. The molecule has 0 fully saturated rings. The smallest absolute Gasteiger partial charge is 0.186 e. The first-order valence-corrected chi connectivity index (χ1v) is 4.59. The predicted octanol–water partition coefficient (Wildman–Crippen LogP) is 0.927. The number of nitrogens with zero attached hydrogens (tertiary/aromatic N) is 2. The Hall–Kier alpha value is -0.540. The summed E-state index contributed by atoms with van der Waals surface area (Å²) in [4.78, 5) is 2.12. The van der Waals surface area contributed by atoms with Crippen LogP contribution < -0.4 is 0 Å². The fraction of sp³-hybridized carbons (Fsp3) is 0.778. The first kappa shape index (κ1) is 9.55. The van der Waals surface area contributed by atoms with Gasteiger partial charge in [0, 0.05) is 7.05 Å². The van der Waals surface area contributed by atoms with Crippen molar-refractivity contribution in [1.82, 2.24) is 4.90 Å². The van der Waals surface area contributed by atoms with Crippen LogP contribution in [0.2, 0.25) is 0 Å². The van der Waals surface area contributed by atoms with E-state index in [4.69, 9.17) is 0 Å². The van der Waals surface area contributed by atoms with E-state index in [1.54, 1.807) is 0 Å². The quantitative estimate of drug-likeness (QED) is 0.636. The number of aliphatic hydroxyl groups is 1. The second-order valence-electron chi connectivity index (χ2n) is 3.63. The van der Waals surface area contributed by atoms with E-state index in [2.05, 4.69) is 18.0 Å². The molecular weight excluding hydrogens is 152 g/mol. The predicted molar refractivity (Wildman–Crippen MR) is 48.9 cm³/mol. The van der Waals surface area contributed by atoms with Gasteiger partial charge in [0.25, 0.3) is 0 Å². The zero-order valence-electron chi connectivity index (χ0n) is 8.03. The van der Waals surface area contributed by atoms with E-state index in [-0.39, 0.29) is 6.73 Å². The third kappa shape index (κ3) is 1.99. The van der Waals surface area contributed by atoms with Crippen molar-refractivity contribution in [2.75, 3.05) is 27.0 Å². The van der Waals surface area contributed by atoms with Crippen molar-refractivity contribution in [3.8, 4) is 0 Å². The Kier molecular flexibility index (Phi) is 3.12. The zero-order valence-corrected chi connectivity index (χ0v) is 8.03. The summed E-state index contributed by atoms with van der Waals surface area (Å²) in [6.45, 7) is 4.36. The molecular formula is C9H19N2O+. The van der Waals surface area contributed by atoms with Crippen LogP contribution in [0.15, 0.2) is 12.4 Å². The highest BCUT2D eigenvalue weighted by Gasteiger charge is 2.28. The van der Waals surface area contributed by atoms with Crippen molar-refractivity contribution in [2.45, 2.75) is 19.8 Å². The summed E-state index contributed by atoms with van der Waals surface area (Å²) in [7, 11) is 2.04. The molecule has 1 N–H and O–H groups in total. The largest absolute Gasteiger partial charge is 0.347 e. The van der Waals surface area contributed by atoms with E-state index < -0.39 is 0 Å². The molecule has 1 atom stereocenters. The summed E-state index contributed by atoms with van der Waals surface area (Å²) in [5.74, 6) is 0. The van der Waals surface area contributed by atoms with E-state index in [9.17, 15) is 5.11 Å². The number of quaternary nitrogens is 1. The number of hydrogen-bond donors (Lipinski definition) is 1. The molecule has 0 amide bonds. The molecule has 0 saturated carbocycles. The van der Waals surface area contributed by atoms with Crippen molar-refractivity contribution in [3.05, 3.63) is 12.4 Å². The van der Waals surface area contributed by atoms with Gasteiger partial charge in [-0.25, -0.2) is 0 Å². The van der Waals surface area contributed by atoms with Crippen LogP contribution >= 0.6 is 0 Å². The Labute approximate surface area is 74.5 Å². The molecule has 12 heavy (non-hydrogen) atoms. The minimum absolute atomic E-state index is 0.223. The Balaban J connectivity index is 2.47. The van der Waals surface area contributed by atoms with E-state index in [1.807, 2.05) is 13.2 Å². The van der Waals surface area contributed by atoms with E-state index in [0.717, 1.165) is 13.2 Å². The standard InChI is InChI=1S/C9H19N2O/c1-3-4-6-11(9-12)7-5-10(2)8-11/h5,7,12H,3-4,6,8-9H2,1-2H3/q+1. The maximum atomic E-state index is 9.26. The van der Waals surface area contributed by atoms with Crippen molar-refractivity contribution in [2.24, 2.45) is 0 Å². The van der Waals surface area contributed by atoms with Gasteiger partial charge in [0.2, 0.25) is 0 Å². The molecule has 1 aliphatic heterocycles. The number of unbranched alkanes of at least 4 members (excludes halogenated alkanes) is 1. The molecule has 0 radical (unpaired) electrons. The minimum Gasteiger partial charge on any atom is -0.347 e. The van der Waals surface area contributed by atoms with Crippen LogP contribution in [0, 0.1) is 0 Å². The highest BCUT2D eigenvalue weighted by molar-refractivity contribution is 4.78. The molecule has 0 aromatic rings. The first-order chi connectivity index (χ1) is 5.72. The fourth-order valence-corrected chi connectivity index (χ4v) is 1.57. The van der Waals surface area contributed by atoms with Gasteiger partial charge in [-0.05, 0) is 6.42 Å². The molecule has 0 aliphatic carbocycles. The highest BCUT2D eigenvalue weighted by atomic mass is 16.3. The summed E-state index contributed by atoms with van der Waals surface area (Å²) in [5, 5.41) is 9.26. The van der Waals surface area contributed by atoms with Gasteiger partial charge in [-0.15, -0.1) is 0 Å². The number of rotatable bonds is 4. The molecule has 70 valence electrons. The van der Waals surface area contributed by atoms with Gasteiger partial charge in [0.1, 0.15) is 6.20 Å². The molecule has 1 aliphatic rings. The normalized spacial score (nSPS) is 28.4. The van der Waals surface area contributed by atoms with E-state index in [0.29, 0.717) is 4.48 Å². The molecule has 1 rings (SSSR count). The van der Waals surface area contributed by atoms with Gasteiger partial charge in [-0.3, -0.25) is 4.48 Å². The molecule has 1 heterocycles. The topological polar surface area (TPSA) is 23.5 Å². The summed E-state index contributed by atoms with van der Waals surface area (Å²) < 4.78 is 0.713. The zero-order chi connectivity index (χ0) is 9.03. The van der Waals surface area contributed by atoms with E-state index in [1.165, 1.54) is 12.8 Å². The van der Waals surface area contributed by atoms with Crippen LogP contribution in [-0.4, -0.2) is 41.5 Å². The van der Waals surface area contributed by atoms with Crippen molar-refractivity contribution < 1.29 is 9.59 Å². The summed E-state index contributed by atoms with van der Waals surface area (Å²) in [6.07, 6.45) is 6.51. The molecule has 3 nitrogen and oxygen atoms in total. The SMILES string of the molecule is CCCC[N+]1(CO)C=CN(C)C1. The van der Waals surface area contributed by atoms with Crippen molar-refractivity contribution >= 4 is 0 Å². The second-order valence-corrected chi connectivity index (χ2v) is 3.63. The third-order valence-electron chi connectivity index (χ3n) is 2.38. The maximum absolute atomic E-state index is 9.26. The molecule has 0 saturated heterocycles. The molecule has 3 heteroatoms. The number of hydrogen-bond acceptors (Lipinski definition) is 2. The second kappa shape index (κ2) is 3.92. The lowest BCUT2D eigenvalue weighted by Gasteiger charge is -2.29. The lowest BCUT2D eigenvalue weighted by atomic mass is 10.3. The fourth-order valence-electron chi connectivity index (χ4n) is 1.57. The maximum Gasteiger partial charge on any atom is 0.186 e. The Morgan fingerprint density at radius 3 is 2.75 bits per heavy atom. The Morgan fingerprint density at radius 2 is 2.33 bits per heavy atom. The van der Waals surface area contributed by atoms with Crippen LogP contribution in [0.5, 0.6) is 0 Å². The van der Waals surface area contributed by atoms with Gasteiger partial charge < -0.3 is 10.0 Å². The molecule has 1 unspecified atom stereocenters. The lowest BCUT2D eigenvalue weighted by Crippen LogP contribution is -2.45. The van der Waals surface area contributed by atoms with Crippen LogP contribution in [-0.2, 0) is 0 Å². The van der Waals surface area contributed by atoms with Gasteiger partial charge in [-0.2, -0.15) is 0 Å². The highest BCUT2D eigenvalue weighted by Crippen LogP contribution is 2.16.